The van der Waals surface area contributed by atoms with E-state index in [0.717, 1.165) is 30.0 Å². The third-order valence-electron chi connectivity index (χ3n) is 4.82. The minimum Gasteiger partial charge on any atom is -0.335 e. The fraction of sp³-hybridized carbons (Fsp3) is 0.238. The van der Waals surface area contributed by atoms with Crippen molar-refractivity contribution in [1.29, 1.82) is 0 Å². The lowest BCUT2D eigenvalue weighted by Crippen LogP contribution is -2.39. The molecule has 2 heterocycles. The molecule has 0 bridgehead atoms. The maximum atomic E-state index is 13.3. The van der Waals surface area contributed by atoms with Crippen molar-refractivity contribution in [2.45, 2.75) is 25.9 Å². The molecule has 0 spiro atoms. The normalized spacial score (nSPS) is 16.2. The standard InChI is InChI=1S/C21H21N3O/c25-21(18-11-13-23-14-12-22-20(23)15-18)24(19-9-5-2-6-10-19)16-17-7-3-1-4-8-17/h1-10,12,14,18H,11,13,15-16H2. The van der Waals surface area contributed by atoms with Crippen LogP contribution in [0.5, 0.6) is 0 Å². The minimum absolute atomic E-state index is 0.0150. The molecule has 1 aliphatic rings. The maximum absolute atomic E-state index is 13.3. The van der Waals surface area contributed by atoms with E-state index in [0.29, 0.717) is 13.0 Å². The number of amides is 1. The number of aromatic nitrogens is 2. The van der Waals surface area contributed by atoms with Crippen LogP contribution in [0.2, 0.25) is 0 Å². The summed E-state index contributed by atoms with van der Waals surface area (Å²) in [7, 11) is 0. The minimum atomic E-state index is -0.0150. The average molecular weight is 331 g/mol. The summed E-state index contributed by atoms with van der Waals surface area (Å²) >= 11 is 0. The summed E-state index contributed by atoms with van der Waals surface area (Å²) in [6.07, 6.45) is 5.39. The van der Waals surface area contributed by atoms with Crippen LogP contribution in [0, 0.1) is 5.92 Å². The first-order valence-corrected chi connectivity index (χ1v) is 8.71. The van der Waals surface area contributed by atoms with Crippen molar-refractivity contribution in [3.05, 3.63) is 84.4 Å². The zero-order chi connectivity index (χ0) is 17.1. The molecule has 2 aromatic carbocycles. The first kappa shape index (κ1) is 15.6. The summed E-state index contributed by atoms with van der Waals surface area (Å²) in [4.78, 5) is 19.6. The van der Waals surface area contributed by atoms with Crippen LogP contribution < -0.4 is 4.90 Å². The number of hydrogen-bond donors (Lipinski definition) is 0. The van der Waals surface area contributed by atoms with Crippen LogP contribution in [0.25, 0.3) is 0 Å². The van der Waals surface area contributed by atoms with Gasteiger partial charge in [0, 0.05) is 37.0 Å². The first-order valence-electron chi connectivity index (χ1n) is 8.71. The molecule has 0 N–H and O–H groups in total. The smallest absolute Gasteiger partial charge is 0.230 e. The molecule has 1 aromatic heterocycles. The van der Waals surface area contributed by atoms with Crippen LogP contribution in [-0.4, -0.2) is 15.5 Å². The molecular weight excluding hydrogens is 310 g/mol. The second-order valence-corrected chi connectivity index (χ2v) is 6.47. The van der Waals surface area contributed by atoms with Gasteiger partial charge in [0.05, 0.1) is 6.54 Å². The Kier molecular flexibility index (Phi) is 4.34. The van der Waals surface area contributed by atoms with Gasteiger partial charge in [-0.2, -0.15) is 0 Å². The van der Waals surface area contributed by atoms with Gasteiger partial charge in [0.2, 0.25) is 5.91 Å². The highest BCUT2D eigenvalue weighted by Gasteiger charge is 2.29. The molecule has 0 fully saturated rings. The third-order valence-corrected chi connectivity index (χ3v) is 4.82. The highest BCUT2D eigenvalue weighted by atomic mass is 16.2. The van der Waals surface area contributed by atoms with Crippen molar-refractivity contribution < 1.29 is 4.79 Å². The number of rotatable bonds is 4. The van der Waals surface area contributed by atoms with Crippen molar-refractivity contribution in [2.75, 3.05) is 4.90 Å². The van der Waals surface area contributed by atoms with Gasteiger partial charge < -0.3 is 9.47 Å². The van der Waals surface area contributed by atoms with E-state index in [1.807, 2.05) is 65.8 Å². The SMILES string of the molecule is O=C(C1CCn2ccnc2C1)N(Cc1ccccc1)c1ccccc1. The highest BCUT2D eigenvalue weighted by molar-refractivity contribution is 5.95. The van der Waals surface area contributed by atoms with Gasteiger partial charge in [-0.05, 0) is 24.1 Å². The number of carbonyl (C=O) groups is 1. The largest absolute Gasteiger partial charge is 0.335 e. The molecule has 1 aliphatic heterocycles. The van der Waals surface area contributed by atoms with Gasteiger partial charge >= 0.3 is 0 Å². The zero-order valence-electron chi connectivity index (χ0n) is 14.1. The zero-order valence-corrected chi connectivity index (χ0v) is 14.1. The lowest BCUT2D eigenvalue weighted by molar-refractivity contribution is -0.123. The number of imidazole rings is 1. The van der Waals surface area contributed by atoms with E-state index < -0.39 is 0 Å². The number of carbonyl (C=O) groups excluding carboxylic acids is 1. The Hall–Kier alpha value is -2.88. The molecule has 4 rings (SSSR count). The van der Waals surface area contributed by atoms with E-state index in [1.165, 1.54) is 0 Å². The van der Waals surface area contributed by atoms with Crippen LogP contribution in [0.3, 0.4) is 0 Å². The summed E-state index contributed by atoms with van der Waals surface area (Å²) in [6.45, 7) is 1.45. The van der Waals surface area contributed by atoms with Crippen LogP contribution in [0.1, 0.15) is 17.8 Å². The van der Waals surface area contributed by atoms with Gasteiger partial charge in [0.1, 0.15) is 5.82 Å². The van der Waals surface area contributed by atoms with Gasteiger partial charge in [0.15, 0.2) is 0 Å². The molecule has 1 amide bonds. The monoisotopic (exact) mass is 331 g/mol. The molecule has 1 unspecified atom stereocenters. The third kappa shape index (κ3) is 3.33. The van der Waals surface area contributed by atoms with E-state index in [-0.39, 0.29) is 11.8 Å². The number of aryl methyl sites for hydroxylation is 1. The van der Waals surface area contributed by atoms with E-state index in [4.69, 9.17) is 0 Å². The maximum Gasteiger partial charge on any atom is 0.230 e. The molecule has 0 saturated carbocycles. The van der Waals surface area contributed by atoms with Crippen molar-refractivity contribution in [2.24, 2.45) is 5.92 Å². The first-order chi connectivity index (χ1) is 12.3. The molecule has 1 atom stereocenters. The van der Waals surface area contributed by atoms with E-state index in [9.17, 15) is 4.79 Å². The van der Waals surface area contributed by atoms with Gasteiger partial charge in [-0.1, -0.05) is 48.5 Å². The highest BCUT2D eigenvalue weighted by Crippen LogP contribution is 2.25. The van der Waals surface area contributed by atoms with Crippen molar-refractivity contribution in [1.82, 2.24) is 9.55 Å². The summed E-state index contributed by atoms with van der Waals surface area (Å²) < 4.78 is 2.15. The van der Waals surface area contributed by atoms with Gasteiger partial charge in [-0.25, -0.2) is 4.98 Å². The molecule has 3 aromatic rings. The van der Waals surface area contributed by atoms with E-state index in [1.54, 1.807) is 0 Å². The summed E-state index contributed by atoms with van der Waals surface area (Å²) in [5, 5.41) is 0. The number of nitrogens with zero attached hydrogens (tertiary/aromatic N) is 3. The predicted octanol–water partition coefficient (Wildman–Crippen LogP) is 3.68. The molecule has 25 heavy (non-hydrogen) atoms. The molecule has 126 valence electrons. The fourth-order valence-electron chi connectivity index (χ4n) is 3.45. The second kappa shape index (κ2) is 6.93. The summed E-state index contributed by atoms with van der Waals surface area (Å²) in [5.41, 5.74) is 2.09. The van der Waals surface area contributed by atoms with E-state index in [2.05, 4.69) is 21.7 Å². The van der Waals surface area contributed by atoms with Crippen molar-refractivity contribution >= 4 is 11.6 Å². The van der Waals surface area contributed by atoms with Crippen molar-refractivity contribution in [3.63, 3.8) is 0 Å². The fourth-order valence-corrected chi connectivity index (χ4v) is 3.45. The van der Waals surface area contributed by atoms with E-state index >= 15 is 0 Å². The van der Waals surface area contributed by atoms with Gasteiger partial charge in [0.25, 0.3) is 0 Å². The Morgan fingerprint density at radius 1 is 1.08 bits per heavy atom. The Bertz CT molecular complexity index is 842. The van der Waals surface area contributed by atoms with Crippen LogP contribution in [-0.2, 0) is 24.3 Å². The molecular formula is C21H21N3O. The van der Waals surface area contributed by atoms with Crippen molar-refractivity contribution in [3.8, 4) is 0 Å². The molecule has 0 aliphatic carbocycles. The predicted molar refractivity (Wildman–Crippen MR) is 98.1 cm³/mol. The molecule has 4 nitrogen and oxygen atoms in total. The lowest BCUT2D eigenvalue weighted by Gasteiger charge is -2.30. The Balaban J connectivity index is 1.60. The number of para-hydroxylation sites is 1. The number of fused-ring (bicyclic) bond motifs is 1. The number of hydrogen-bond acceptors (Lipinski definition) is 2. The number of anilines is 1. The van der Waals surface area contributed by atoms with Crippen LogP contribution in [0.4, 0.5) is 5.69 Å². The van der Waals surface area contributed by atoms with Gasteiger partial charge in [-0.15, -0.1) is 0 Å². The lowest BCUT2D eigenvalue weighted by atomic mass is 9.95. The number of benzene rings is 2. The molecule has 0 saturated heterocycles. The quantitative estimate of drug-likeness (QED) is 0.731. The summed E-state index contributed by atoms with van der Waals surface area (Å²) in [6, 6.07) is 20.1. The Morgan fingerprint density at radius 3 is 2.56 bits per heavy atom. The topological polar surface area (TPSA) is 38.1 Å². The molecule has 0 radical (unpaired) electrons. The average Bonchev–Trinajstić information content (AvgIpc) is 3.15. The molecule has 4 heteroatoms. The van der Waals surface area contributed by atoms with Crippen LogP contribution >= 0.6 is 0 Å². The van der Waals surface area contributed by atoms with Gasteiger partial charge in [-0.3, -0.25) is 4.79 Å². The second-order valence-electron chi connectivity index (χ2n) is 6.47. The Labute approximate surface area is 147 Å². The van der Waals surface area contributed by atoms with Crippen LogP contribution in [0.15, 0.2) is 73.1 Å². The Morgan fingerprint density at radius 2 is 1.80 bits per heavy atom. The summed E-state index contributed by atoms with van der Waals surface area (Å²) in [5.74, 6) is 1.18.